The van der Waals surface area contributed by atoms with Gasteiger partial charge in [0.1, 0.15) is 12.4 Å². The summed E-state index contributed by atoms with van der Waals surface area (Å²) in [5.74, 6) is 0.920. The molecular weight excluding hydrogens is 319 g/mol. The molecule has 3 nitrogen and oxygen atoms in total. The zero-order valence-corrected chi connectivity index (χ0v) is 14.5. The average molecular weight is 338 g/mol. The highest BCUT2D eigenvalue weighted by atomic mass is 31.2. The van der Waals surface area contributed by atoms with Crippen molar-refractivity contribution in [2.75, 3.05) is 7.11 Å². The fourth-order valence-corrected chi connectivity index (χ4v) is 4.24. The Morgan fingerprint density at radius 1 is 0.958 bits per heavy atom. The Morgan fingerprint density at radius 3 is 2.67 bits per heavy atom. The molecule has 0 aromatic heterocycles. The van der Waals surface area contributed by atoms with E-state index < -0.39 is 8.38 Å². The number of rotatable bonds is 4. The lowest BCUT2D eigenvalue weighted by atomic mass is 9.99. The first-order valence-electron chi connectivity index (χ1n) is 8.00. The van der Waals surface area contributed by atoms with Gasteiger partial charge in [0.05, 0.1) is 6.61 Å². The standard InChI is InChI=1S/C20H19O3P/c1-21-24-14-17-10-11-19(22-12-15-6-3-2-4-7-15)18-9-5-8-16(13-23-24)20(17)18/h2-11H,12-14H2,1H3. The zero-order valence-electron chi connectivity index (χ0n) is 13.6. The lowest BCUT2D eigenvalue weighted by Crippen LogP contribution is -1.97. The van der Waals surface area contributed by atoms with Crippen LogP contribution in [0.3, 0.4) is 0 Å². The first-order valence-corrected chi connectivity index (χ1v) is 9.36. The Morgan fingerprint density at radius 2 is 1.83 bits per heavy atom. The van der Waals surface area contributed by atoms with Crippen LogP contribution in [0.4, 0.5) is 0 Å². The third-order valence-electron chi connectivity index (χ3n) is 4.28. The second-order valence-electron chi connectivity index (χ2n) is 5.78. The summed E-state index contributed by atoms with van der Waals surface area (Å²) >= 11 is 0. The molecule has 0 fully saturated rings. The maximum atomic E-state index is 6.11. The third-order valence-corrected chi connectivity index (χ3v) is 5.70. The Labute approximate surface area is 143 Å². The van der Waals surface area contributed by atoms with Crippen LogP contribution in [0.15, 0.2) is 60.7 Å². The van der Waals surface area contributed by atoms with E-state index in [-0.39, 0.29) is 0 Å². The Balaban J connectivity index is 1.71. The van der Waals surface area contributed by atoms with Crippen LogP contribution in [0.5, 0.6) is 5.75 Å². The summed E-state index contributed by atoms with van der Waals surface area (Å²) in [5, 5.41) is 2.41. The van der Waals surface area contributed by atoms with Gasteiger partial charge in [-0.2, -0.15) is 0 Å². The number of hydrogen-bond donors (Lipinski definition) is 0. The molecule has 3 aromatic rings. The molecule has 1 aliphatic rings. The summed E-state index contributed by atoms with van der Waals surface area (Å²) in [4.78, 5) is 0. The minimum absolute atomic E-state index is 0.570. The SMILES string of the molecule is COP1Cc2ccc(OCc3ccccc3)c3cccc(c23)CO1. The van der Waals surface area contributed by atoms with Crippen LogP contribution >= 0.6 is 8.38 Å². The van der Waals surface area contributed by atoms with E-state index in [0.29, 0.717) is 13.2 Å². The molecule has 1 unspecified atom stereocenters. The zero-order chi connectivity index (χ0) is 16.4. The molecule has 4 rings (SSSR count). The summed E-state index contributed by atoms with van der Waals surface area (Å²) in [6.45, 7) is 1.16. The summed E-state index contributed by atoms with van der Waals surface area (Å²) < 4.78 is 17.5. The van der Waals surface area contributed by atoms with Crippen LogP contribution in [0.2, 0.25) is 0 Å². The summed E-state index contributed by atoms with van der Waals surface area (Å²) in [6, 6.07) is 20.8. The molecule has 1 atom stereocenters. The molecule has 3 aromatic carbocycles. The molecule has 0 radical (unpaired) electrons. The van der Waals surface area contributed by atoms with Crippen LogP contribution in [-0.4, -0.2) is 7.11 Å². The van der Waals surface area contributed by atoms with Gasteiger partial charge < -0.3 is 13.8 Å². The number of benzene rings is 3. The average Bonchev–Trinajstić information content (AvgIpc) is 2.83. The minimum atomic E-state index is -0.863. The summed E-state index contributed by atoms with van der Waals surface area (Å²) in [5.41, 5.74) is 3.65. The van der Waals surface area contributed by atoms with Gasteiger partial charge in [-0.05, 0) is 28.1 Å². The van der Waals surface area contributed by atoms with Crippen molar-refractivity contribution in [3.63, 3.8) is 0 Å². The Hall–Kier alpha value is -1.93. The maximum absolute atomic E-state index is 6.11. The van der Waals surface area contributed by atoms with Gasteiger partial charge >= 0.3 is 0 Å². The van der Waals surface area contributed by atoms with E-state index in [4.69, 9.17) is 13.8 Å². The van der Waals surface area contributed by atoms with Gasteiger partial charge in [0.15, 0.2) is 8.38 Å². The van der Waals surface area contributed by atoms with Crippen molar-refractivity contribution in [2.45, 2.75) is 19.4 Å². The van der Waals surface area contributed by atoms with Crippen molar-refractivity contribution in [1.29, 1.82) is 0 Å². The first kappa shape index (κ1) is 15.6. The van der Waals surface area contributed by atoms with Crippen LogP contribution in [0, 0.1) is 0 Å². The second-order valence-corrected chi connectivity index (χ2v) is 7.39. The normalized spacial score (nSPS) is 16.8. The van der Waals surface area contributed by atoms with Crippen molar-refractivity contribution in [3.05, 3.63) is 77.4 Å². The Bertz CT molecular complexity index is 848. The monoisotopic (exact) mass is 338 g/mol. The lowest BCUT2D eigenvalue weighted by Gasteiger charge is -2.14. The highest BCUT2D eigenvalue weighted by Gasteiger charge is 2.20. The molecule has 0 aliphatic carbocycles. The predicted octanol–water partition coefficient (Wildman–Crippen LogP) is 5.41. The summed E-state index contributed by atoms with van der Waals surface area (Å²) in [6.07, 6.45) is 0.818. The topological polar surface area (TPSA) is 27.7 Å². The number of ether oxygens (including phenoxy) is 1. The van der Waals surface area contributed by atoms with Crippen molar-refractivity contribution in [3.8, 4) is 5.75 Å². The van der Waals surface area contributed by atoms with E-state index in [0.717, 1.165) is 17.3 Å². The quantitative estimate of drug-likeness (QED) is 0.596. The molecule has 4 heteroatoms. The van der Waals surface area contributed by atoms with E-state index in [2.05, 4.69) is 42.5 Å². The van der Waals surface area contributed by atoms with Crippen LogP contribution < -0.4 is 4.74 Å². The van der Waals surface area contributed by atoms with E-state index in [9.17, 15) is 0 Å². The van der Waals surface area contributed by atoms with E-state index >= 15 is 0 Å². The molecule has 0 bridgehead atoms. The molecule has 0 N–H and O–H groups in total. The molecule has 0 saturated heterocycles. The Kier molecular flexibility index (Phi) is 4.48. The minimum Gasteiger partial charge on any atom is -0.488 e. The molecular formula is C20H19O3P. The molecule has 0 saturated carbocycles. The third kappa shape index (κ3) is 3.03. The van der Waals surface area contributed by atoms with Gasteiger partial charge in [-0.3, -0.25) is 0 Å². The molecule has 24 heavy (non-hydrogen) atoms. The fraction of sp³-hybridized carbons (Fsp3) is 0.200. The molecule has 1 heterocycles. The molecule has 0 amide bonds. The number of hydrogen-bond acceptors (Lipinski definition) is 3. The van der Waals surface area contributed by atoms with Gasteiger partial charge in [0, 0.05) is 18.7 Å². The van der Waals surface area contributed by atoms with Crippen LogP contribution in [-0.2, 0) is 28.4 Å². The molecule has 1 aliphatic heterocycles. The molecule has 0 spiro atoms. The predicted molar refractivity (Wildman–Crippen MR) is 97.1 cm³/mol. The van der Waals surface area contributed by atoms with Gasteiger partial charge in [-0.1, -0.05) is 54.6 Å². The smallest absolute Gasteiger partial charge is 0.175 e. The van der Waals surface area contributed by atoms with Gasteiger partial charge in [-0.15, -0.1) is 0 Å². The highest BCUT2D eigenvalue weighted by molar-refractivity contribution is 7.46. The summed E-state index contributed by atoms with van der Waals surface area (Å²) in [7, 11) is 0.856. The van der Waals surface area contributed by atoms with E-state index in [1.165, 1.54) is 22.1 Å². The van der Waals surface area contributed by atoms with Crippen LogP contribution in [0.25, 0.3) is 10.8 Å². The molecule has 122 valence electrons. The largest absolute Gasteiger partial charge is 0.488 e. The van der Waals surface area contributed by atoms with Gasteiger partial charge in [0.2, 0.25) is 0 Å². The van der Waals surface area contributed by atoms with Crippen molar-refractivity contribution < 1.29 is 13.8 Å². The van der Waals surface area contributed by atoms with Crippen molar-refractivity contribution in [1.82, 2.24) is 0 Å². The lowest BCUT2D eigenvalue weighted by molar-refractivity contribution is 0.276. The first-order chi connectivity index (χ1) is 11.8. The van der Waals surface area contributed by atoms with Crippen LogP contribution in [0.1, 0.15) is 16.7 Å². The second kappa shape index (κ2) is 6.90. The van der Waals surface area contributed by atoms with E-state index in [1.54, 1.807) is 7.11 Å². The van der Waals surface area contributed by atoms with E-state index in [1.807, 2.05) is 18.2 Å². The van der Waals surface area contributed by atoms with Gasteiger partial charge in [-0.25, -0.2) is 0 Å². The maximum Gasteiger partial charge on any atom is 0.175 e. The van der Waals surface area contributed by atoms with Crippen molar-refractivity contribution >= 4 is 19.1 Å². The fourth-order valence-electron chi connectivity index (χ4n) is 3.09. The van der Waals surface area contributed by atoms with Crippen molar-refractivity contribution in [2.24, 2.45) is 0 Å². The van der Waals surface area contributed by atoms with Gasteiger partial charge in [0.25, 0.3) is 0 Å². The highest BCUT2D eigenvalue weighted by Crippen LogP contribution is 2.47.